The first-order valence-electron chi connectivity index (χ1n) is 10.6. The Morgan fingerprint density at radius 3 is 2.04 bits per heavy atom. The lowest BCUT2D eigenvalue weighted by Crippen LogP contribution is -2.50. The Morgan fingerprint density at radius 1 is 0.857 bits per heavy atom. The predicted molar refractivity (Wildman–Crippen MR) is 122 cm³/mol. The van der Waals surface area contributed by atoms with Crippen LogP contribution in [-0.2, 0) is 6.42 Å². The van der Waals surface area contributed by atoms with E-state index in [0.29, 0.717) is 22.4 Å². The van der Waals surface area contributed by atoms with Crippen LogP contribution >= 0.6 is 0 Å². The summed E-state index contributed by atoms with van der Waals surface area (Å²) in [5.41, 5.74) is 6.76. The van der Waals surface area contributed by atoms with Gasteiger partial charge in [0.25, 0.3) is 8.32 Å². The van der Waals surface area contributed by atoms with Gasteiger partial charge in [0.1, 0.15) is 11.5 Å². The van der Waals surface area contributed by atoms with Crippen molar-refractivity contribution < 1.29 is 9.53 Å². The molecule has 0 unspecified atom stereocenters. The maximum absolute atomic E-state index is 9.60. The Labute approximate surface area is 171 Å². The van der Waals surface area contributed by atoms with E-state index >= 15 is 0 Å². The van der Waals surface area contributed by atoms with Crippen LogP contribution in [0.15, 0.2) is 48.5 Å². The summed E-state index contributed by atoms with van der Waals surface area (Å²) in [6.45, 7) is 14.0. The van der Waals surface area contributed by atoms with E-state index in [1.807, 2.05) is 12.1 Å². The summed E-state index contributed by atoms with van der Waals surface area (Å²) in [5, 5.41) is 9.60. The van der Waals surface area contributed by atoms with Gasteiger partial charge in [-0.25, -0.2) is 0 Å². The van der Waals surface area contributed by atoms with Gasteiger partial charge in [-0.1, -0.05) is 65.8 Å². The molecule has 0 aliphatic heterocycles. The van der Waals surface area contributed by atoms with Crippen LogP contribution in [0.25, 0.3) is 5.57 Å². The second-order valence-electron chi connectivity index (χ2n) is 8.94. The Morgan fingerprint density at radius 2 is 1.46 bits per heavy atom. The highest BCUT2D eigenvalue weighted by Gasteiger charge is 2.47. The third kappa shape index (κ3) is 3.77. The molecule has 0 spiro atoms. The van der Waals surface area contributed by atoms with Crippen molar-refractivity contribution in [1.29, 1.82) is 0 Å². The number of aryl methyl sites for hydroxylation is 1. The zero-order chi connectivity index (χ0) is 20.5. The highest BCUT2D eigenvalue weighted by atomic mass is 28.4. The number of phenols is 1. The summed E-state index contributed by atoms with van der Waals surface area (Å²) < 4.78 is 6.90. The molecule has 0 heterocycles. The third-order valence-corrected chi connectivity index (χ3v) is 12.3. The van der Waals surface area contributed by atoms with Crippen molar-refractivity contribution in [3.63, 3.8) is 0 Å². The van der Waals surface area contributed by atoms with E-state index in [1.54, 1.807) is 12.1 Å². The molecule has 3 heteroatoms. The molecule has 0 aromatic heterocycles. The van der Waals surface area contributed by atoms with Crippen molar-refractivity contribution in [3.05, 3.63) is 65.2 Å². The molecule has 3 rings (SSSR count). The molecule has 0 saturated heterocycles. The van der Waals surface area contributed by atoms with Crippen molar-refractivity contribution in [1.82, 2.24) is 0 Å². The van der Waals surface area contributed by atoms with Gasteiger partial charge in [-0.3, -0.25) is 0 Å². The van der Waals surface area contributed by atoms with Crippen molar-refractivity contribution in [3.8, 4) is 11.5 Å². The van der Waals surface area contributed by atoms with Crippen molar-refractivity contribution >= 4 is 13.9 Å². The first-order chi connectivity index (χ1) is 13.3. The Balaban J connectivity index is 1.96. The highest BCUT2D eigenvalue weighted by molar-refractivity contribution is 6.78. The Hall–Kier alpha value is -2.00. The van der Waals surface area contributed by atoms with Gasteiger partial charge in [-0.2, -0.15) is 0 Å². The molecule has 1 N–H and O–H groups in total. The number of aromatic hydroxyl groups is 1. The van der Waals surface area contributed by atoms with Crippen LogP contribution in [0.1, 0.15) is 64.7 Å². The van der Waals surface area contributed by atoms with Crippen LogP contribution in [0.3, 0.4) is 0 Å². The van der Waals surface area contributed by atoms with Gasteiger partial charge in [-0.15, -0.1) is 0 Å². The Kier molecular flexibility index (Phi) is 6.04. The zero-order valence-corrected chi connectivity index (χ0v) is 19.1. The van der Waals surface area contributed by atoms with Crippen LogP contribution in [0.2, 0.25) is 16.6 Å². The van der Waals surface area contributed by atoms with Gasteiger partial charge < -0.3 is 9.53 Å². The van der Waals surface area contributed by atoms with E-state index in [2.05, 4.69) is 65.8 Å². The van der Waals surface area contributed by atoms with E-state index in [9.17, 15) is 5.11 Å². The standard InChI is InChI=1S/C25H34O2Si/c1-17(2)28(18(3)4,19(5)6)27-23-14-15-25-21(16-23)8-7-9-24(25)20-10-12-22(26)13-11-20/h9-19,26H,7-8H2,1-6H3. The van der Waals surface area contributed by atoms with Gasteiger partial charge in [0, 0.05) is 0 Å². The molecular formula is C25H34O2Si. The van der Waals surface area contributed by atoms with Crippen LogP contribution in [0.4, 0.5) is 0 Å². The molecule has 28 heavy (non-hydrogen) atoms. The predicted octanol–water partition coefficient (Wildman–Crippen LogP) is 7.32. The SMILES string of the molecule is CC(C)[Si](Oc1ccc2c(c1)CCC=C2c1ccc(O)cc1)(C(C)C)C(C)C. The quantitative estimate of drug-likeness (QED) is 0.520. The largest absolute Gasteiger partial charge is 0.543 e. The molecule has 150 valence electrons. The molecule has 0 saturated carbocycles. The summed E-state index contributed by atoms with van der Waals surface area (Å²) in [7, 11) is -1.94. The molecule has 0 atom stereocenters. The summed E-state index contributed by atoms with van der Waals surface area (Å²) >= 11 is 0. The van der Waals surface area contributed by atoms with Crippen molar-refractivity contribution in [2.75, 3.05) is 0 Å². The lowest BCUT2D eigenvalue weighted by Gasteiger charge is -2.42. The second-order valence-corrected chi connectivity index (χ2v) is 14.3. The molecule has 1 aliphatic rings. The fraction of sp³-hybridized carbons (Fsp3) is 0.440. The summed E-state index contributed by atoms with van der Waals surface area (Å²) in [4.78, 5) is 0. The van der Waals surface area contributed by atoms with E-state index in [-0.39, 0.29) is 0 Å². The fourth-order valence-corrected chi connectivity index (χ4v) is 10.3. The molecule has 1 aliphatic carbocycles. The van der Waals surface area contributed by atoms with Crippen LogP contribution in [0.5, 0.6) is 11.5 Å². The van der Waals surface area contributed by atoms with Gasteiger partial charge in [0.2, 0.25) is 0 Å². The number of allylic oxidation sites excluding steroid dienone is 1. The van der Waals surface area contributed by atoms with Crippen LogP contribution in [0, 0.1) is 0 Å². The minimum atomic E-state index is -1.94. The summed E-state index contributed by atoms with van der Waals surface area (Å²) in [6.07, 6.45) is 4.39. The first-order valence-corrected chi connectivity index (χ1v) is 12.7. The monoisotopic (exact) mass is 394 g/mol. The van der Waals surface area contributed by atoms with Crippen molar-refractivity contribution in [2.24, 2.45) is 0 Å². The van der Waals surface area contributed by atoms with Crippen molar-refractivity contribution in [2.45, 2.75) is 71.0 Å². The average Bonchev–Trinajstić information content (AvgIpc) is 2.65. The molecule has 0 bridgehead atoms. The number of fused-ring (bicyclic) bond motifs is 1. The van der Waals surface area contributed by atoms with E-state index in [1.165, 1.54) is 16.7 Å². The molecule has 2 aromatic rings. The lowest BCUT2D eigenvalue weighted by atomic mass is 9.87. The molecule has 0 radical (unpaired) electrons. The van der Waals surface area contributed by atoms with Crippen LogP contribution < -0.4 is 4.43 Å². The smallest absolute Gasteiger partial charge is 0.258 e. The van der Waals surface area contributed by atoms with Gasteiger partial charge >= 0.3 is 0 Å². The summed E-state index contributed by atoms with van der Waals surface area (Å²) in [6, 6.07) is 14.2. The fourth-order valence-electron chi connectivity index (χ4n) is 5.06. The Bertz CT molecular complexity index is 826. The zero-order valence-electron chi connectivity index (χ0n) is 18.1. The molecule has 0 amide bonds. The number of benzene rings is 2. The minimum absolute atomic E-state index is 0.307. The van der Waals surface area contributed by atoms with E-state index in [0.717, 1.165) is 24.2 Å². The van der Waals surface area contributed by atoms with Crippen LogP contribution in [-0.4, -0.2) is 13.4 Å². The number of hydrogen-bond donors (Lipinski definition) is 1. The maximum Gasteiger partial charge on any atom is 0.258 e. The first kappa shape index (κ1) is 20.7. The number of hydrogen-bond acceptors (Lipinski definition) is 2. The van der Waals surface area contributed by atoms with Gasteiger partial charge in [0.05, 0.1) is 0 Å². The second kappa shape index (κ2) is 8.16. The molecule has 2 nitrogen and oxygen atoms in total. The topological polar surface area (TPSA) is 29.5 Å². The van der Waals surface area contributed by atoms with E-state index < -0.39 is 8.32 Å². The van der Waals surface area contributed by atoms with Gasteiger partial charge in [-0.05, 0) is 76.0 Å². The summed E-state index contributed by atoms with van der Waals surface area (Å²) in [5.74, 6) is 1.34. The molecule has 2 aromatic carbocycles. The normalized spacial score (nSPS) is 14.4. The third-order valence-electron chi connectivity index (χ3n) is 6.31. The van der Waals surface area contributed by atoms with E-state index in [4.69, 9.17) is 4.43 Å². The highest BCUT2D eigenvalue weighted by Crippen LogP contribution is 2.43. The minimum Gasteiger partial charge on any atom is -0.543 e. The number of rotatable bonds is 6. The molecule has 0 fully saturated rings. The lowest BCUT2D eigenvalue weighted by molar-refractivity contribution is 0.475. The van der Waals surface area contributed by atoms with Gasteiger partial charge in [0.15, 0.2) is 0 Å². The maximum atomic E-state index is 9.60. The molecular weight excluding hydrogens is 360 g/mol. The number of phenolic OH excluding ortho intramolecular Hbond substituents is 1. The average molecular weight is 395 g/mol.